The minimum Gasteiger partial charge on any atom is -0.299 e. The van der Waals surface area contributed by atoms with Gasteiger partial charge in [0, 0.05) is 38.1 Å². The zero-order chi connectivity index (χ0) is 16.6. The molecule has 128 valence electrons. The zero-order valence-electron chi connectivity index (χ0n) is 14.4. The van der Waals surface area contributed by atoms with Crippen LogP contribution >= 0.6 is 0 Å². The Balaban J connectivity index is 1.56. The molecule has 0 bridgehead atoms. The topological polar surface area (TPSA) is 40.6 Å². The molecule has 2 aliphatic heterocycles. The Morgan fingerprint density at radius 3 is 2.43 bits per heavy atom. The van der Waals surface area contributed by atoms with Crippen molar-refractivity contribution >= 4 is 10.0 Å². The van der Waals surface area contributed by atoms with Crippen molar-refractivity contribution in [3.63, 3.8) is 0 Å². The molecule has 3 rings (SSSR count). The number of nitrogens with zero attached hydrogens (tertiary/aromatic N) is 2. The molecular weight excluding hydrogens is 308 g/mol. The van der Waals surface area contributed by atoms with E-state index in [1.165, 1.54) is 5.56 Å². The lowest BCUT2D eigenvalue weighted by atomic mass is 9.82. The fourth-order valence-corrected chi connectivity index (χ4v) is 5.28. The number of hydrogen-bond donors (Lipinski definition) is 0. The Labute approximate surface area is 140 Å². The van der Waals surface area contributed by atoms with Crippen LogP contribution in [0.4, 0.5) is 0 Å². The minimum absolute atomic E-state index is 0.312. The lowest BCUT2D eigenvalue weighted by molar-refractivity contribution is -0.0273. The van der Waals surface area contributed by atoms with Crippen molar-refractivity contribution in [3.8, 4) is 0 Å². The molecule has 3 atom stereocenters. The van der Waals surface area contributed by atoms with E-state index in [1.807, 2.05) is 0 Å². The Hall–Kier alpha value is -0.910. The maximum absolute atomic E-state index is 12.3. The highest BCUT2D eigenvalue weighted by molar-refractivity contribution is 7.89. The van der Waals surface area contributed by atoms with Crippen LogP contribution in [0.15, 0.2) is 30.3 Å². The van der Waals surface area contributed by atoms with Crippen LogP contribution in [0.5, 0.6) is 0 Å². The third-order valence-corrected chi connectivity index (χ3v) is 7.67. The predicted molar refractivity (Wildman–Crippen MR) is 94.0 cm³/mol. The highest BCUT2D eigenvalue weighted by atomic mass is 32.2. The van der Waals surface area contributed by atoms with Gasteiger partial charge in [0.15, 0.2) is 0 Å². The molecule has 0 aromatic heterocycles. The quantitative estimate of drug-likeness (QED) is 0.830. The standard InChI is InChI=1S/C18H28N2O2S/c1-14(2)23(21,22)20-10-9-18-17(13-20)12-19(18)11-15(3)16-7-5-4-6-8-16/h4-8,14-15,17-18H,9-13H2,1-3H3. The molecule has 1 aromatic rings. The maximum Gasteiger partial charge on any atom is 0.216 e. The summed E-state index contributed by atoms with van der Waals surface area (Å²) in [6.07, 6.45) is 0.970. The number of likely N-dealkylation sites (tertiary alicyclic amines) is 1. The van der Waals surface area contributed by atoms with Crippen molar-refractivity contribution in [2.24, 2.45) is 5.92 Å². The number of sulfonamides is 1. The van der Waals surface area contributed by atoms with Gasteiger partial charge in [-0.15, -0.1) is 0 Å². The van der Waals surface area contributed by atoms with E-state index in [0.29, 0.717) is 31.0 Å². The normalized spacial score (nSPS) is 27.5. The molecule has 0 radical (unpaired) electrons. The van der Waals surface area contributed by atoms with Gasteiger partial charge >= 0.3 is 0 Å². The molecule has 2 saturated heterocycles. The molecule has 0 spiro atoms. The summed E-state index contributed by atoms with van der Waals surface area (Å²) in [6, 6.07) is 11.2. The number of benzene rings is 1. The highest BCUT2D eigenvalue weighted by Gasteiger charge is 2.45. The second kappa shape index (κ2) is 6.54. The summed E-state index contributed by atoms with van der Waals surface area (Å²) in [5.41, 5.74) is 1.38. The molecule has 5 heteroatoms. The van der Waals surface area contributed by atoms with Gasteiger partial charge in [-0.1, -0.05) is 37.3 Å². The van der Waals surface area contributed by atoms with E-state index in [9.17, 15) is 8.42 Å². The first kappa shape index (κ1) is 16.9. The van der Waals surface area contributed by atoms with Crippen molar-refractivity contribution in [2.75, 3.05) is 26.2 Å². The number of hydrogen-bond acceptors (Lipinski definition) is 3. The van der Waals surface area contributed by atoms with Crippen molar-refractivity contribution in [1.29, 1.82) is 0 Å². The van der Waals surface area contributed by atoms with Crippen molar-refractivity contribution in [3.05, 3.63) is 35.9 Å². The third-order valence-electron chi connectivity index (χ3n) is 5.43. The lowest BCUT2D eigenvalue weighted by Gasteiger charge is -2.54. The van der Waals surface area contributed by atoms with Crippen LogP contribution in [0.1, 0.15) is 38.7 Å². The molecule has 4 nitrogen and oxygen atoms in total. The molecule has 0 N–H and O–H groups in total. The second-order valence-electron chi connectivity index (χ2n) is 7.33. The fraction of sp³-hybridized carbons (Fsp3) is 0.667. The fourth-order valence-electron chi connectivity index (χ4n) is 3.92. The monoisotopic (exact) mass is 336 g/mol. The van der Waals surface area contributed by atoms with Gasteiger partial charge in [0.1, 0.15) is 0 Å². The maximum atomic E-state index is 12.3. The first-order chi connectivity index (χ1) is 10.9. The van der Waals surface area contributed by atoms with E-state index in [4.69, 9.17) is 0 Å². The van der Waals surface area contributed by atoms with Gasteiger partial charge in [0.2, 0.25) is 10.0 Å². The number of fused-ring (bicyclic) bond motifs is 1. The molecular formula is C18H28N2O2S. The lowest BCUT2D eigenvalue weighted by Crippen LogP contribution is -2.64. The minimum atomic E-state index is -3.09. The van der Waals surface area contributed by atoms with Gasteiger partial charge in [-0.2, -0.15) is 0 Å². The molecule has 0 saturated carbocycles. The molecule has 23 heavy (non-hydrogen) atoms. The first-order valence-electron chi connectivity index (χ1n) is 8.67. The van der Waals surface area contributed by atoms with Crippen molar-refractivity contribution in [2.45, 2.75) is 44.4 Å². The molecule has 2 aliphatic rings. The van der Waals surface area contributed by atoms with Crippen LogP contribution in [0.25, 0.3) is 0 Å². The van der Waals surface area contributed by atoms with Crippen LogP contribution in [0, 0.1) is 5.92 Å². The number of rotatable bonds is 5. The predicted octanol–water partition coefficient (Wildman–Crippen LogP) is 2.53. The summed E-state index contributed by atoms with van der Waals surface area (Å²) in [5, 5.41) is -0.312. The highest BCUT2D eigenvalue weighted by Crippen LogP contribution is 2.35. The average Bonchev–Trinajstić information content (AvgIpc) is 2.52. The van der Waals surface area contributed by atoms with E-state index < -0.39 is 10.0 Å². The summed E-state index contributed by atoms with van der Waals surface area (Å²) < 4.78 is 26.4. The van der Waals surface area contributed by atoms with Gasteiger partial charge in [0.25, 0.3) is 0 Å². The summed E-state index contributed by atoms with van der Waals surface area (Å²) in [4.78, 5) is 2.54. The summed E-state index contributed by atoms with van der Waals surface area (Å²) in [7, 11) is -3.09. The molecule has 3 unspecified atom stereocenters. The molecule has 1 aromatic carbocycles. The Morgan fingerprint density at radius 2 is 1.83 bits per heavy atom. The van der Waals surface area contributed by atoms with Gasteiger partial charge in [-0.3, -0.25) is 4.90 Å². The van der Waals surface area contributed by atoms with E-state index in [2.05, 4.69) is 42.2 Å². The third kappa shape index (κ3) is 3.32. The summed E-state index contributed by atoms with van der Waals surface area (Å²) in [5.74, 6) is 1.04. The van der Waals surface area contributed by atoms with E-state index in [1.54, 1.807) is 18.2 Å². The van der Waals surface area contributed by atoms with Gasteiger partial charge < -0.3 is 0 Å². The molecule has 2 heterocycles. The van der Waals surface area contributed by atoms with E-state index >= 15 is 0 Å². The van der Waals surface area contributed by atoms with Crippen molar-refractivity contribution < 1.29 is 8.42 Å². The molecule has 0 aliphatic carbocycles. The largest absolute Gasteiger partial charge is 0.299 e. The van der Waals surface area contributed by atoms with Gasteiger partial charge in [-0.25, -0.2) is 12.7 Å². The van der Waals surface area contributed by atoms with E-state index in [-0.39, 0.29) is 5.25 Å². The second-order valence-corrected chi connectivity index (χ2v) is 9.82. The van der Waals surface area contributed by atoms with Crippen LogP contribution in [-0.4, -0.2) is 55.1 Å². The van der Waals surface area contributed by atoms with Gasteiger partial charge in [-0.05, 0) is 31.7 Å². The smallest absolute Gasteiger partial charge is 0.216 e. The Bertz CT molecular complexity index is 630. The summed E-state index contributed by atoms with van der Waals surface area (Å²) in [6.45, 7) is 9.32. The van der Waals surface area contributed by atoms with Crippen LogP contribution < -0.4 is 0 Å². The van der Waals surface area contributed by atoms with Crippen LogP contribution in [-0.2, 0) is 10.0 Å². The van der Waals surface area contributed by atoms with Gasteiger partial charge in [0.05, 0.1) is 5.25 Å². The van der Waals surface area contributed by atoms with Crippen molar-refractivity contribution in [1.82, 2.24) is 9.21 Å². The van der Waals surface area contributed by atoms with Crippen LogP contribution in [0.2, 0.25) is 0 Å². The van der Waals surface area contributed by atoms with Crippen LogP contribution in [0.3, 0.4) is 0 Å². The Kier molecular flexibility index (Phi) is 4.81. The molecule has 0 amide bonds. The first-order valence-corrected chi connectivity index (χ1v) is 10.2. The zero-order valence-corrected chi connectivity index (χ0v) is 15.2. The van der Waals surface area contributed by atoms with E-state index in [0.717, 1.165) is 19.5 Å². The SMILES string of the molecule is CC(CN1CC2CN(S(=O)(=O)C(C)C)CCC21)c1ccccc1. The average molecular weight is 337 g/mol. The summed E-state index contributed by atoms with van der Waals surface area (Å²) >= 11 is 0. The Morgan fingerprint density at radius 1 is 1.13 bits per heavy atom. The molecule has 2 fully saturated rings. The number of piperidine rings is 1.